The highest BCUT2D eigenvalue weighted by Gasteiger charge is 2.37. The van der Waals surface area contributed by atoms with Gasteiger partial charge in [-0.3, -0.25) is 9.69 Å². The first-order valence-corrected chi connectivity index (χ1v) is 7.41. The van der Waals surface area contributed by atoms with Crippen LogP contribution < -0.4 is 0 Å². The van der Waals surface area contributed by atoms with E-state index in [0.29, 0.717) is 19.3 Å². The number of benzene rings is 1. The summed E-state index contributed by atoms with van der Waals surface area (Å²) in [5, 5.41) is 27.1. The first-order chi connectivity index (χ1) is 10.1. The quantitative estimate of drug-likeness (QED) is 0.655. The number of hydrogen-bond acceptors (Lipinski definition) is 4. The van der Waals surface area contributed by atoms with Crippen molar-refractivity contribution in [2.45, 2.75) is 25.7 Å². The van der Waals surface area contributed by atoms with Crippen LogP contribution in [0.3, 0.4) is 0 Å². The van der Waals surface area contributed by atoms with Crippen molar-refractivity contribution in [1.29, 1.82) is 0 Å². The first kappa shape index (κ1) is 16.0. The molecule has 1 aliphatic heterocycles. The second-order valence-electron chi connectivity index (χ2n) is 5.80. The molecule has 0 radical (unpaired) electrons. The molecule has 5 nitrogen and oxygen atoms in total. The third kappa shape index (κ3) is 4.84. The normalized spacial score (nSPS) is 22.4. The Hall–Kier alpha value is -1.37. The summed E-state index contributed by atoms with van der Waals surface area (Å²) in [6, 6.07) is 10.0. The molecule has 1 fully saturated rings. The number of nitrogens with zero attached hydrogens (tertiary/aromatic N) is 1. The minimum atomic E-state index is -1.30. The van der Waals surface area contributed by atoms with Crippen molar-refractivity contribution in [2.75, 3.05) is 13.1 Å². The summed E-state index contributed by atoms with van der Waals surface area (Å²) in [6.07, 6.45) is 1.67. The molecule has 1 aliphatic rings. The zero-order valence-electron chi connectivity index (χ0n) is 12.1. The summed E-state index contributed by atoms with van der Waals surface area (Å²) in [4.78, 5) is 13.6. The third-order valence-electron chi connectivity index (χ3n) is 4.12. The van der Waals surface area contributed by atoms with Gasteiger partial charge < -0.3 is 15.2 Å². The van der Waals surface area contributed by atoms with E-state index in [1.165, 1.54) is 5.56 Å². The van der Waals surface area contributed by atoms with Crippen LogP contribution in [0.15, 0.2) is 30.3 Å². The average molecular weight is 291 g/mol. The maximum Gasteiger partial charge on any atom is 0.451 e. The Morgan fingerprint density at radius 1 is 1.24 bits per heavy atom. The Kier molecular flexibility index (Phi) is 5.79. The van der Waals surface area contributed by atoms with Gasteiger partial charge in [-0.15, -0.1) is 0 Å². The van der Waals surface area contributed by atoms with Crippen LogP contribution >= 0.6 is 0 Å². The van der Waals surface area contributed by atoms with E-state index in [1.807, 2.05) is 30.3 Å². The maximum absolute atomic E-state index is 11.4. The van der Waals surface area contributed by atoms with Gasteiger partial charge in [0.15, 0.2) is 0 Å². The van der Waals surface area contributed by atoms with Crippen LogP contribution in [-0.4, -0.2) is 46.2 Å². The van der Waals surface area contributed by atoms with Crippen LogP contribution in [-0.2, 0) is 11.3 Å². The van der Waals surface area contributed by atoms with E-state index >= 15 is 0 Å². The van der Waals surface area contributed by atoms with Gasteiger partial charge in [0.1, 0.15) is 0 Å². The maximum atomic E-state index is 11.4. The summed E-state index contributed by atoms with van der Waals surface area (Å²) >= 11 is 0. The highest BCUT2D eigenvalue weighted by Crippen LogP contribution is 2.29. The van der Waals surface area contributed by atoms with Gasteiger partial charge in [-0.1, -0.05) is 36.8 Å². The summed E-state index contributed by atoms with van der Waals surface area (Å²) in [6.45, 7) is 2.09. The van der Waals surface area contributed by atoms with E-state index in [4.69, 9.17) is 10.0 Å². The van der Waals surface area contributed by atoms with E-state index in [2.05, 4.69) is 4.90 Å². The average Bonchev–Trinajstić information content (AvgIpc) is 2.82. The fraction of sp³-hybridized carbons (Fsp3) is 0.533. The molecule has 3 N–H and O–H groups in total. The summed E-state index contributed by atoms with van der Waals surface area (Å²) in [7, 11) is -1.30. The zero-order chi connectivity index (χ0) is 15.2. The van der Waals surface area contributed by atoms with Crippen molar-refractivity contribution in [3.8, 4) is 0 Å². The molecular weight excluding hydrogens is 269 g/mol. The van der Waals surface area contributed by atoms with Crippen LogP contribution in [0.5, 0.6) is 0 Å². The van der Waals surface area contributed by atoms with Crippen LogP contribution in [0.25, 0.3) is 0 Å². The molecule has 2 atom stereocenters. The van der Waals surface area contributed by atoms with Crippen molar-refractivity contribution >= 4 is 13.1 Å². The Bertz CT molecular complexity index is 454. The molecule has 21 heavy (non-hydrogen) atoms. The highest BCUT2D eigenvalue weighted by atomic mass is 16.4. The molecule has 1 aromatic carbocycles. The second-order valence-corrected chi connectivity index (χ2v) is 5.80. The number of hydrogen-bond donors (Lipinski definition) is 3. The first-order valence-electron chi connectivity index (χ1n) is 7.41. The molecule has 0 spiro atoms. The van der Waals surface area contributed by atoms with Crippen LogP contribution in [0, 0.1) is 11.8 Å². The molecule has 0 aromatic heterocycles. The van der Waals surface area contributed by atoms with Gasteiger partial charge in [-0.2, -0.15) is 0 Å². The van der Waals surface area contributed by atoms with Crippen LogP contribution in [0.4, 0.5) is 0 Å². The van der Waals surface area contributed by atoms with Gasteiger partial charge in [0, 0.05) is 19.6 Å². The predicted octanol–water partition coefficient (Wildman–Crippen LogP) is 1.07. The lowest BCUT2D eigenvalue weighted by Gasteiger charge is -2.15. The van der Waals surface area contributed by atoms with E-state index in [0.717, 1.165) is 19.5 Å². The van der Waals surface area contributed by atoms with Crippen molar-refractivity contribution in [1.82, 2.24) is 4.90 Å². The smallest absolute Gasteiger partial charge is 0.451 e. The lowest BCUT2D eigenvalue weighted by Crippen LogP contribution is -2.23. The Morgan fingerprint density at radius 2 is 1.95 bits per heavy atom. The zero-order valence-corrected chi connectivity index (χ0v) is 12.1. The van der Waals surface area contributed by atoms with Crippen molar-refractivity contribution in [2.24, 2.45) is 11.8 Å². The molecule has 0 saturated carbocycles. The fourth-order valence-electron chi connectivity index (χ4n) is 3.07. The van der Waals surface area contributed by atoms with E-state index in [-0.39, 0.29) is 11.8 Å². The van der Waals surface area contributed by atoms with E-state index < -0.39 is 13.1 Å². The molecule has 6 heteroatoms. The lowest BCUT2D eigenvalue weighted by molar-refractivity contribution is -0.142. The standard InChI is InChI=1S/C15H22BNO4/c18-15(19)14-11-17(9-12-5-2-1-3-6-12)10-13(14)7-4-8-16(20)21/h1-3,5-6,13-14,20-21H,4,7-11H2,(H,18,19)/t13?,14-/m1/s1. The predicted molar refractivity (Wildman–Crippen MR) is 80.6 cm³/mol. The van der Waals surface area contributed by atoms with E-state index in [1.54, 1.807) is 0 Å². The summed E-state index contributed by atoms with van der Waals surface area (Å²) < 4.78 is 0. The minimum Gasteiger partial charge on any atom is -0.481 e. The number of rotatable bonds is 7. The van der Waals surface area contributed by atoms with Crippen molar-refractivity contribution in [3.63, 3.8) is 0 Å². The Labute approximate surface area is 125 Å². The van der Waals surface area contributed by atoms with Gasteiger partial charge >= 0.3 is 13.1 Å². The topological polar surface area (TPSA) is 81.0 Å². The van der Waals surface area contributed by atoms with Gasteiger partial charge in [0.05, 0.1) is 5.92 Å². The molecule has 1 unspecified atom stereocenters. The minimum absolute atomic E-state index is 0.0879. The number of likely N-dealkylation sites (tertiary alicyclic amines) is 1. The lowest BCUT2D eigenvalue weighted by atomic mass is 9.80. The Balaban J connectivity index is 1.90. The molecule has 114 valence electrons. The third-order valence-corrected chi connectivity index (χ3v) is 4.12. The molecule has 0 aliphatic carbocycles. The summed E-state index contributed by atoms with van der Waals surface area (Å²) in [5.74, 6) is -1.02. The molecule has 0 amide bonds. The number of carbonyl (C=O) groups is 1. The molecule has 1 aromatic rings. The molecule has 1 saturated heterocycles. The number of carboxylic acids is 1. The molecule has 0 bridgehead atoms. The monoisotopic (exact) mass is 291 g/mol. The van der Waals surface area contributed by atoms with Gasteiger partial charge in [0.2, 0.25) is 0 Å². The SMILES string of the molecule is O=C(O)[C@@H]1CN(Cc2ccccc2)CC1CCCB(O)O. The van der Waals surface area contributed by atoms with E-state index in [9.17, 15) is 9.90 Å². The number of carboxylic acid groups (broad SMARTS) is 1. The highest BCUT2D eigenvalue weighted by molar-refractivity contribution is 6.40. The van der Waals surface area contributed by atoms with Crippen LogP contribution in [0.2, 0.25) is 6.32 Å². The fourth-order valence-corrected chi connectivity index (χ4v) is 3.07. The molecular formula is C15H22BNO4. The Morgan fingerprint density at radius 3 is 2.57 bits per heavy atom. The van der Waals surface area contributed by atoms with Crippen LogP contribution in [0.1, 0.15) is 18.4 Å². The molecule has 2 rings (SSSR count). The van der Waals surface area contributed by atoms with Gasteiger partial charge in [0.25, 0.3) is 0 Å². The van der Waals surface area contributed by atoms with Crippen molar-refractivity contribution in [3.05, 3.63) is 35.9 Å². The van der Waals surface area contributed by atoms with Gasteiger partial charge in [-0.05, 0) is 24.2 Å². The van der Waals surface area contributed by atoms with Crippen molar-refractivity contribution < 1.29 is 19.9 Å². The second kappa shape index (κ2) is 7.59. The summed E-state index contributed by atoms with van der Waals surface area (Å²) in [5.41, 5.74) is 1.19. The largest absolute Gasteiger partial charge is 0.481 e. The number of aliphatic carboxylic acids is 1. The van der Waals surface area contributed by atoms with Gasteiger partial charge in [-0.25, -0.2) is 0 Å². The molecule has 1 heterocycles.